The van der Waals surface area contributed by atoms with Crippen LogP contribution >= 0.6 is 43.6 Å². The molecule has 2 N–H and O–H groups in total. The summed E-state index contributed by atoms with van der Waals surface area (Å²) in [6, 6.07) is 24.2. The Balaban J connectivity index is 1.52. The number of thioether (sulfide) groups is 1. The van der Waals surface area contributed by atoms with E-state index in [9.17, 15) is 4.79 Å². The lowest BCUT2D eigenvalue weighted by molar-refractivity contribution is -0.700. The van der Waals surface area contributed by atoms with E-state index in [1.165, 1.54) is 17.3 Å². The summed E-state index contributed by atoms with van der Waals surface area (Å²) in [5.74, 6) is 0.268. The molecule has 1 heterocycles. The van der Waals surface area contributed by atoms with Crippen molar-refractivity contribution < 1.29 is 9.36 Å². The second-order valence-electron chi connectivity index (χ2n) is 6.48. The van der Waals surface area contributed by atoms with E-state index in [0.717, 1.165) is 37.4 Å². The van der Waals surface area contributed by atoms with Gasteiger partial charge in [-0.05, 0) is 79.5 Å². The number of imidazole rings is 1. The normalized spacial score (nSPS) is 11.0. The first-order valence-electron chi connectivity index (χ1n) is 9.02. The Labute approximate surface area is 190 Å². The third-order valence-electron chi connectivity index (χ3n) is 4.41. The minimum atomic E-state index is -0.0471. The summed E-state index contributed by atoms with van der Waals surface area (Å²) >= 11 is 8.40. The van der Waals surface area contributed by atoms with Gasteiger partial charge < -0.3 is 5.32 Å². The highest BCUT2D eigenvalue weighted by atomic mass is 79.9. The minimum Gasteiger partial charge on any atom is -0.325 e. The number of halogens is 2. The van der Waals surface area contributed by atoms with E-state index < -0.39 is 0 Å². The van der Waals surface area contributed by atoms with Crippen LogP contribution in [0, 0.1) is 0 Å². The number of hydrogen-bond donors (Lipinski definition) is 2. The summed E-state index contributed by atoms with van der Waals surface area (Å²) < 4.78 is 4.07. The number of hydrogen-bond acceptors (Lipinski definition) is 2. The molecular weight excluding hydrogens is 514 g/mol. The number of H-pyrrole nitrogens is 1. The number of rotatable bonds is 6. The molecular formula is C22H18Br2N3OS+. The smallest absolute Gasteiger partial charge is 0.317 e. The van der Waals surface area contributed by atoms with Gasteiger partial charge >= 0.3 is 5.16 Å². The fourth-order valence-corrected chi connectivity index (χ4v) is 4.51. The standard InChI is InChI=1S/C22H17Br2N3OS/c23-17-11-10-16(12-18(17)24)25-21(28)14-29-22-26-19-8-4-5-9-20(19)27(22)13-15-6-2-1-3-7-15/h1-12H,13-14H2,(H,25,28)/p+1. The maximum Gasteiger partial charge on any atom is 0.317 e. The Morgan fingerprint density at radius 3 is 2.52 bits per heavy atom. The van der Waals surface area contributed by atoms with E-state index in [1.54, 1.807) is 0 Å². The number of fused-ring (bicyclic) bond motifs is 1. The van der Waals surface area contributed by atoms with Crippen molar-refractivity contribution in [1.82, 2.24) is 4.98 Å². The molecule has 0 spiro atoms. The number of aromatic nitrogens is 2. The predicted molar refractivity (Wildman–Crippen MR) is 125 cm³/mol. The first-order chi connectivity index (χ1) is 14.1. The van der Waals surface area contributed by atoms with Crippen molar-refractivity contribution in [2.45, 2.75) is 11.7 Å². The fourth-order valence-electron chi connectivity index (χ4n) is 3.05. The van der Waals surface area contributed by atoms with E-state index in [1.807, 2.05) is 48.5 Å². The lowest BCUT2D eigenvalue weighted by Crippen LogP contribution is -2.35. The molecule has 0 atom stereocenters. The van der Waals surface area contributed by atoms with Crippen LogP contribution in [0.4, 0.5) is 5.69 Å². The highest BCUT2D eigenvalue weighted by Crippen LogP contribution is 2.26. The van der Waals surface area contributed by atoms with Gasteiger partial charge in [0.25, 0.3) is 0 Å². The van der Waals surface area contributed by atoms with Crippen LogP contribution in [0.15, 0.2) is 86.9 Å². The van der Waals surface area contributed by atoms with Crippen LogP contribution in [-0.4, -0.2) is 16.6 Å². The molecule has 0 aliphatic carbocycles. The Morgan fingerprint density at radius 2 is 1.72 bits per heavy atom. The predicted octanol–water partition coefficient (Wildman–Crippen LogP) is 5.76. The van der Waals surface area contributed by atoms with Crippen molar-refractivity contribution in [2.75, 3.05) is 11.1 Å². The Kier molecular flexibility index (Phi) is 6.37. The van der Waals surface area contributed by atoms with Crippen LogP contribution in [-0.2, 0) is 11.3 Å². The Bertz CT molecular complexity index is 1160. The van der Waals surface area contributed by atoms with E-state index in [2.05, 4.69) is 71.0 Å². The summed E-state index contributed by atoms with van der Waals surface area (Å²) in [5, 5.41) is 3.91. The molecule has 7 heteroatoms. The zero-order valence-corrected chi connectivity index (χ0v) is 19.4. The molecule has 4 rings (SSSR count). The third-order valence-corrected chi connectivity index (χ3v) is 7.29. The van der Waals surface area contributed by atoms with Crippen LogP contribution in [0.3, 0.4) is 0 Å². The van der Waals surface area contributed by atoms with Crippen molar-refractivity contribution in [3.8, 4) is 0 Å². The van der Waals surface area contributed by atoms with Gasteiger partial charge in [0.05, 0.1) is 5.75 Å². The topological polar surface area (TPSA) is 48.8 Å². The Morgan fingerprint density at radius 1 is 0.966 bits per heavy atom. The molecule has 0 saturated carbocycles. The molecule has 4 aromatic rings. The van der Waals surface area contributed by atoms with Crippen molar-refractivity contribution in [3.63, 3.8) is 0 Å². The van der Waals surface area contributed by atoms with Gasteiger partial charge in [0, 0.05) is 14.6 Å². The van der Waals surface area contributed by atoms with Gasteiger partial charge in [-0.25, -0.2) is 9.55 Å². The molecule has 146 valence electrons. The number of nitrogens with zero attached hydrogens (tertiary/aromatic N) is 1. The van der Waals surface area contributed by atoms with Crippen LogP contribution in [0.25, 0.3) is 11.0 Å². The van der Waals surface area contributed by atoms with Gasteiger partial charge in [0.2, 0.25) is 5.91 Å². The van der Waals surface area contributed by atoms with Gasteiger partial charge in [-0.2, -0.15) is 0 Å². The summed E-state index contributed by atoms with van der Waals surface area (Å²) in [6.07, 6.45) is 0. The second-order valence-corrected chi connectivity index (χ2v) is 9.16. The van der Waals surface area contributed by atoms with Gasteiger partial charge in [0.15, 0.2) is 11.0 Å². The van der Waals surface area contributed by atoms with Crippen LogP contribution in [0.1, 0.15) is 5.56 Å². The fraction of sp³-hybridized carbons (Fsp3) is 0.0909. The maximum absolute atomic E-state index is 12.5. The molecule has 0 fully saturated rings. The largest absolute Gasteiger partial charge is 0.325 e. The third kappa shape index (κ3) is 4.91. The molecule has 0 aliphatic rings. The summed E-state index contributed by atoms with van der Waals surface area (Å²) in [5.41, 5.74) is 4.16. The number of aromatic amines is 1. The first kappa shape index (κ1) is 20.2. The van der Waals surface area contributed by atoms with Crippen molar-refractivity contribution in [2.24, 2.45) is 0 Å². The van der Waals surface area contributed by atoms with E-state index in [4.69, 9.17) is 0 Å². The van der Waals surface area contributed by atoms with Crippen LogP contribution < -0.4 is 9.88 Å². The van der Waals surface area contributed by atoms with Gasteiger partial charge in [-0.3, -0.25) is 4.79 Å². The number of anilines is 1. The summed E-state index contributed by atoms with van der Waals surface area (Å²) in [7, 11) is 0. The van der Waals surface area contributed by atoms with E-state index >= 15 is 0 Å². The number of nitrogens with one attached hydrogen (secondary N) is 2. The van der Waals surface area contributed by atoms with Gasteiger partial charge in [-0.15, -0.1) is 0 Å². The second kappa shape index (κ2) is 9.15. The molecule has 29 heavy (non-hydrogen) atoms. The lowest BCUT2D eigenvalue weighted by Gasteiger charge is -2.06. The highest BCUT2D eigenvalue weighted by molar-refractivity contribution is 9.13. The van der Waals surface area contributed by atoms with Crippen LogP contribution in [0.2, 0.25) is 0 Å². The average Bonchev–Trinajstić information content (AvgIpc) is 3.07. The van der Waals surface area contributed by atoms with E-state index in [0.29, 0.717) is 5.75 Å². The molecule has 3 aromatic carbocycles. The van der Waals surface area contributed by atoms with Crippen molar-refractivity contribution in [3.05, 3.63) is 87.3 Å². The first-order valence-corrected chi connectivity index (χ1v) is 11.6. The van der Waals surface area contributed by atoms with Crippen molar-refractivity contribution >= 4 is 66.2 Å². The maximum atomic E-state index is 12.5. The number of benzene rings is 3. The van der Waals surface area contributed by atoms with Crippen LogP contribution in [0.5, 0.6) is 0 Å². The lowest BCUT2D eigenvalue weighted by atomic mass is 10.2. The minimum absolute atomic E-state index is 0.0471. The molecule has 0 aliphatic heterocycles. The SMILES string of the molecule is O=C(CSc1[nH]c2ccccc2[n+]1Cc1ccccc1)Nc1ccc(Br)c(Br)c1. The highest BCUT2D eigenvalue weighted by Gasteiger charge is 2.20. The number of para-hydroxylation sites is 2. The zero-order valence-electron chi connectivity index (χ0n) is 15.4. The van der Waals surface area contributed by atoms with Gasteiger partial charge in [-0.1, -0.05) is 42.5 Å². The molecule has 0 saturated heterocycles. The molecule has 0 radical (unpaired) electrons. The average molecular weight is 532 g/mol. The molecule has 4 nitrogen and oxygen atoms in total. The molecule has 0 unspecified atom stereocenters. The quantitative estimate of drug-likeness (QED) is 0.245. The van der Waals surface area contributed by atoms with Gasteiger partial charge in [0.1, 0.15) is 6.54 Å². The van der Waals surface area contributed by atoms with E-state index in [-0.39, 0.29) is 5.91 Å². The molecule has 1 aromatic heterocycles. The monoisotopic (exact) mass is 530 g/mol. The summed E-state index contributed by atoms with van der Waals surface area (Å²) in [6.45, 7) is 0.745. The van der Waals surface area contributed by atoms with Crippen molar-refractivity contribution in [1.29, 1.82) is 0 Å². The molecule has 1 amide bonds. The number of carbonyl (C=O) groups is 1. The Hall–Kier alpha value is -2.09. The number of carbonyl (C=O) groups excluding carboxylic acids is 1. The number of amides is 1. The zero-order chi connectivity index (χ0) is 20.2. The summed E-state index contributed by atoms with van der Waals surface area (Å²) in [4.78, 5) is 15.9. The molecule has 0 bridgehead atoms.